The van der Waals surface area contributed by atoms with E-state index in [2.05, 4.69) is 22.1 Å². The molecule has 2 heterocycles. The Labute approximate surface area is 204 Å². The number of anilines is 1. The van der Waals surface area contributed by atoms with Gasteiger partial charge in [0.15, 0.2) is 11.0 Å². The second kappa shape index (κ2) is 10.7. The molecule has 4 rings (SSSR count). The van der Waals surface area contributed by atoms with Crippen molar-refractivity contribution in [3.05, 3.63) is 83.7 Å². The molecule has 1 atom stereocenters. The van der Waals surface area contributed by atoms with Crippen molar-refractivity contribution in [2.75, 3.05) is 17.6 Å². The van der Waals surface area contributed by atoms with E-state index in [1.165, 1.54) is 11.8 Å². The van der Waals surface area contributed by atoms with Gasteiger partial charge >= 0.3 is 0 Å². The molecule has 176 valence electrons. The molecular weight excluding hydrogens is 446 g/mol. The van der Waals surface area contributed by atoms with Crippen LogP contribution in [0.1, 0.15) is 46.2 Å². The molecule has 1 aromatic heterocycles. The van der Waals surface area contributed by atoms with E-state index in [9.17, 15) is 9.59 Å². The Bertz CT molecular complexity index is 1170. The number of thioether (sulfide) groups is 1. The third-order valence-corrected chi connectivity index (χ3v) is 6.80. The molecular formula is C26H29N5O2S. The Hall–Kier alpha value is -3.39. The third kappa shape index (κ3) is 5.39. The zero-order valence-corrected chi connectivity index (χ0v) is 20.3. The number of nitrogens with zero attached hydrogens (tertiary/aromatic N) is 4. The molecule has 1 aliphatic rings. The maximum absolute atomic E-state index is 13.2. The highest BCUT2D eigenvalue weighted by Crippen LogP contribution is 2.34. The third-order valence-electron chi connectivity index (χ3n) is 5.84. The standard InChI is InChI=1S/C26H29N5O2S/c1-4-15-31-24(22-6-5-16-30(22)25(33)20-11-7-18(2)8-12-20)28-29-26(31)34-17-23(32)27-21-13-9-19(3)10-14-21/h4,7-14,22H,1,5-6,15-17H2,2-3H3,(H,27,32). The molecule has 0 spiro atoms. The summed E-state index contributed by atoms with van der Waals surface area (Å²) in [5, 5.41) is 12.4. The molecule has 7 nitrogen and oxygen atoms in total. The number of hydrogen-bond acceptors (Lipinski definition) is 5. The fourth-order valence-corrected chi connectivity index (χ4v) is 4.81. The van der Waals surface area contributed by atoms with Crippen LogP contribution < -0.4 is 5.32 Å². The first-order valence-electron chi connectivity index (χ1n) is 11.4. The van der Waals surface area contributed by atoms with Gasteiger partial charge in [-0.2, -0.15) is 0 Å². The number of hydrogen-bond donors (Lipinski definition) is 1. The summed E-state index contributed by atoms with van der Waals surface area (Å²) in [5.74, 6) is 0.835. The van der Waals surface area contributed by atoms with Crippen LogP contribution in [0.5, 0.6) is 0 Å². The topological polar surface area (TPSA) is 80.1 Å². The van der Waals surface area contributed by atoms with Gasteiger partial charge in [-0.1, -0.05) is 53.2 Å². The summed E-state index contributed by atoms with van der Waals surface area (Å²) in [5.41, 5.74) is 3.70. The summed E-state index contributed by atoms with van der Waals surface area (Å²) in [6.07, 6.45) is 3.51. The van der Waals surface area contributed by atoms with Crippen molar-refractivity contribution in [2.24, 2.45) is 0 Å². The SMILES string of the molecule is C=CCn1c(SCC(=O)Nc2ccc(C)cc2)nnc1C1CCCN1C(=O)c1ccc(C)cc1. The van der Waals surface area contributed by atoms with Crippen LogP contribution in [0.25, 0.3) is 0 Å². The first-order chi connectivity index (χ1) is 16.5. The molecule has 1 fully saturated rings. The molecule has 1 aliphatic heterocycles. The zero-order chi connectivity index (χ0) is 24.1. The second-order valence-electron chi connectivity index (χ2n) is 8.47. The number of amides is 2. The summed E-state index contributed by atoms with van der Waals surface area (Å²) >= 11 is 1.33. The lowest BCUT2D eigenvalue weighted by Gasteiger charge is -2.24. The second-order valence-corrected chi connectivity index (χ2v) is 9.41. The average Bonchev–Trinajstić information content (AvgIpc) is 3.46. The van der Waals surface area contributed by atoms with Gasteiger partial charge in [-0.3, -0.25) is 9.59 Å². The van der Waals surface area contributed by atoms with E-state index in [4.69, 9.17) is 0 Å². The number of benzene rings is 2. The van der Waals surface area contributed by atoms with Gasteiger partial charge < -0.3 is 14.8 Å². The Morgan fingerprint density at radius 3 is 2.44 bits per heavy atom. The molecule has 1 saturated heterocycles. The fourth-order valence-electron chi connectivity index (χ4n) is 4.06. The van der Waals surface area contributed by atoms with Crippen LogP contribution in [0.15, 0.2) is 66.3 Å². The Kier molecular flexibility index (Phi) is 7.47. The molecule has 34 heavy (non-hydrogen) atoms. The van der Waals surface area contributed by atoms with Crippen molar-refractivity contribution < 1.29 is 9.59 Å². The van der Waals surface area contributed by atoms with Crippen molar-refractivity contribution >= 4 is 29.3 Å². The van der Waals surface area contributed by atoms with Crippen LogP contribution in [0.3, 0.4) is 0 Å². The highest BCUT2D eigenvalue weighted by molar-refractivity contribution is 7.99. The van der Waals surface area contributed by atoms with Crippen molar-refractivity contribution in [3.63, 3.8) is 0 Å². The molecule has 8 heteroatoms. The number of nitrogens with one attached hydrogen (secondary N) is 1. The minimum atomic E-state index is -0.156. The summed E-state index contributed by atoms with van der Waals surface area (Å²) in [6.45, 7) is 9.06. The Balaban J connectivity index is 1.48. The van der Waals surface area contributed by atoms with Crippen molar-refractivity contribution in [2.45, 2.75) is 44.4 Å². The normalized spacial score (nSPS) is 15.4. The molecule has 1 unspecified atom stereocenters. The minimum absolute atomic E-state index is 0.00216. The van der Waals surface area contributed by atoms with Crippen LogP contribution in [0, 0.1) is 13.8 Å². The molecule has 3 aromatic rings. The minimum Gasteiger partial charge on any atom is -0.328 e. The maximum Gasteiger partial charge on any atom is 0.254 e. The highest BCUT2D eigenvalue weighted by atomic mass is 32.2. The van der Waals surface area contributed by atoms with E-state index < -0.39 is 0 Å². The van der Waals surface area contributed by atoms with E-state index in [1.807, 2.05) is 71.8 Å². The predicted molar refractivity (Wildman–Crippen MR) is 135 cm³/mol. The van der Waals surface area contributed by atoms with E-state index in [-0.39, 0.29) is 23.6 Å². The van der Waals surface area contributed by atoms with Crippen molar-refractivity contribution in [3.8, 4) is 0 Å². The van der Waals surface area contributed by atoms with Crippen LogP contribution in [0.2, 0.25) is 0 Å². The van der Waals surface area contributed by atoms with E-state index >= 15 is 0 Å². The van der Waals surface area contributed by atoms with Gasteiger partial charge in [-0.15, -0.1) is 16.8 Å². The molecule has 2 amide bonds. The number of carbonyl (C=O) groups excluding carboxylic acids is 2. The molecule has 0 radical (unpaired) electrons. The Morgan fingerprint density at radius 2 is 1.76 bits per heavy atom. The lowest BCUT2D eigenvalue weighted by Crippen LogP contribution is -2.32. The van der Waals surface area contributed by atoms with Crippen LogP contribution in [-0.2, 0) is 11.3 Å². The van der Waals surface area contributed by atoms with E-state index in [0.29, 0.717) is 23.8 Å². The van der Waals surface area contributed by atoms with Gasteiger partial charge in [0.05, 0.1) is 11.8 Å². The largest absolute Gasteiger partial charge is 0.328 e. The summed E-state index contributed by atoms with van der Waals surface area (Å²) < 4.78 is 1.96. The van der Waals surface area contributed by atoms with Gasteiger partial charge in [0.25, 0.3) is 5.91 Å². The lowest BCUT2D eigenvalue weighted by atomic mass is 10.1. The fraction of sp³-hybridized carbons (Fsp3) is 0.308. The lowest BCUT2D eigenvalue weighted by molar-refractivity contribution is -0.113. The number of aromatic nitrogens is 3. The van der Waals surface area contributed by atoms with Crippen molar-refractivity contribution in [1.29, 1.82) is 0 Å². The molecule has 0 bridgehead atoms. The Morgan fingerprint density at radius 1 is 1.09 bits per heavy atom. The summed E-state index contributed by atoms with van der Waals surface area (Å²) in [6, 6.07) is 15.2. The quantitative estimate of drug-likeness (QED) is 0.374. The van der Waals surface area contributed by atoms with Crippen LogP contribution in [0.4, 0.5) is 5.69 Å². The average molecular weight is 476 g/mol. The monoisotopic (exact) mass is 475 g/mol. The highest BCUT2D eigenvalue weighted by Gasteiger charge is 2.34. The first kappa shape index (κ1) is 23.8. The predicted octanol–water partition coefficient (Wildman–Crippen LogP) is 4.79. The summed E-state index contributed by atoms with van der Waals surface area (Å²) in [7, 11) is 0. The molecule has 0 aliphatic carbocycles. The number of rotatable bonds is 8. The molecule has 0 saturated carbocycles. The number of aryl methyl sites for hydroxylation is 2. The number of likely N-dealkylation sites (tertiary alicyclic amines) is 1. The van der Waals surface area contributed by atoms with Gasteiger partial charge in [-0.05, 0) is 51.0 Å². The molecule has 1 N–H and O–H groups in total. The zero-order valence-electron chi connectivity index (χ0n) is 19.5. The summed E-state index contributed by atoms with van der Waals surface area (Å²) in [4.78, 5) is 27.6. The van der Waals surface area contributed by atoms with E-state index in [0.717, 1.165) is 35.5 Å². The maximum atomic E-state index is 13.2. The smallest absolute Gasteiger partial charge is 0.254 e. The number of carbonyl (C=O) groups is 2. The van der Waals surface area contributed by atoms with Gasteiger partial charge in [0.2, 0.25) is 5.91 Å². The molecule has 2 aromatic carbocycles. The number of allylic oxidation sites excluding steroid dienone is 1. The van der Waals surface area contributed by atoms with Gasteiger partial charge in [-0.25, -0.2) is 0 Å². The first-order valence-corrected chi connectivity index (χ1v) is 12.4. The van der Waals surface area contributed by atoms with E-state index in [1.54, 1.807) is 6.08 Å². The van der Waals surface area contributed by atoms with Crippen molar-refractivity contribution in [1.82, 2.24) is 19.7 Å². The van der Waals surface area contributed by atoms with Crippen LogP contribution >= 0.6 is 11.8 Å². The van der Waals surface area contributed by atoms with Gasteiger partial charge in [0, 0.05) is 24.3 Å². The van der Waals surface area contributed by atoms with Crippen LogP contribution in [-0.4, -0.2) is 43.8 Å². The van der Waals surface area contributed by atoms with Gasteiger partial charge in [0.1, 0.15) is 0 Å².